The van der Waals surface area contributed by atoms with E-state index in [9.17, 15) is 9.18 Å². The Morgan fingerprint density at radius 1 is 1.31 bits per heavy atom. The van der Waals surface area contributed by atoms with Gasteiger partial charge in [-0.3, -0.25) is 4.79 Å². The van der Waals surface area contributed by atoms with Crippen LogP contribution in [0.15, 0.2) is 29.1 Å². The zero-order valence-electron chi connectivity index (χ0n) is 8.42. The van der Waals surface area contributed by atoms with Crippen LogP contribution in [-0.2, 0) is 0 Å². The van der Waals surface area contributed by atoms with Crippen LogP contribution in [0.2, 0.25) is 5.15 Å². The van der Waals surface area contributed by atoms with Crippen molar-refractivity contribution in [3.8, 4) is 11.1 Å². The first kappa shape index (κ1) is 10.8. The van der Waals surface area contributed by atoms with Gasteiger partial charge in [0.2, 0.25) is 0 Å². The summed E-state index contributed by atoms with van der Waals surface area (Å²) in [6.45, 7) is 1.75. The molecular weight excluding hydrogens is 231 g/mol. The molecule has 0 bridgehead atoms. The summed E-state index contributed by atoms with van der Waals surface area (Å²) in [4.78, 5) is 11.5. The maximum atomic E-state index is 13.2. The Hall–Kier alpha value is -1.68. The average Bonchev–Trinajstić information content (AvgIpc) is 2.20. The zero-order chi connectivity index (χ0) is 11.7. The van der Waals surface area contributed by atoms with Gasteiger partial charge in [-0.2, -0.15) is 5.10 Å². The molecule has 0 amide bonds. The van der Waals surface area contributed by atoms with Crippen LogP contribution in [0.1, 0.15) is 5.56 Å². The standard InChI is InChI=1S/C11H8ClFN2O/c1-6-2-7(4-8(13)3-6)9-5-10(12)14-15-11(9)16/h2-5H,1H3,(H,15,16). The van der Waals surface area contributed by atoms with E-state index < -0.39 is 5.56 Å². The first-order valence-corrected chi connectivity index (χ1v) is 4.97. The highest BCUT2D eigenvalue weighted by molar-refractivity contribution is 6.29. The molecule has 1 aromatic heterocycles. The summed E-state index contributed by atoms with van der Waals surface area (Å²) in [5.41, 5.74) is 1.14. The van der Waals surface area contributed by atoms with Gasteiger partial charge >= 0.3 is 0 Å². The first-order valence-electron chi connectivity index (χ1n) is 4.59. The predicted octanol–water partition coefficient (Wildman–Crippen LogP) is 2.54. The molecule has 16 heavy (non-hydrogen) atoms. The van der Waals surface area contributed by atoms with Crippen molar-refractivity contribution in [2.75, 3.05) is 0 Å². The molecule has 0 aliphatic rings. The summed E-state index contributed by atoms with van der Waals surface area (Å²) < 4.78 is 13.2. The van der Waals surface area contributed by atoms with Crippen LogP contribution >= 0.6 is 11.6 Å². The van der Waals surface area contributed by atoms with E-state index in [2.05, 4.69) is 10.2 Å². The number of aromatic amines is 1. The molecule has 1 heterocycles. The van der Waals surface area contributed by atoms with Crippen LogP contribution in [-0.4, -0.2) is 10.2 Å². The van der Waals surface area contributed by atoms with Crippen molar-refractivity contribution in [1.29, 1.82) is 0 Å². The van der Waals surface area contributed by atoms with E-state index >= 15 is 0 Å². The minimum absolute atomic E-state index is 0.163. The summed E-state index contributed by atoms with van der Waals surface area (Å²) in [7, 11) is 0. The Bertz CT molecular complexity index is 575. The minimum atomic E-state index is -0.394. The van der Waals surface area contributed by atoms with Crippen LogP contribution in [0.4, 0.5) is 4.39 Å². The van der Waals surface area contributed by atoms with Crippen molar-refractivity contribution >= 4 is 11.6 Å². The van der Waals surface area contributed by atoms with Gasteiger partial charge in [0.15, 0.2) is 0 Å². The number of hydrogen-bond donors (Lipinski definition) is 1. The second-order valence-electron chi connectivity index (χ2n) is 3.45. The SMILES string of the molecule is Cc1cc(F)cc(-c2cc(Cl)n[nH]c2=O)c1. The third-order valence-electron chi connectivity index (χ3n) is 2.13. The maximum Gasteiger partial charge on any atom is 0.272 e. The van der Waals surface area contributed by atoms with Gasteiger partial charge in [-0.1, -0.05) is 17.7 Å². The molecule has 2 aromatic rings. The summed E-state index contributed by atoms with van der Waals surface area (Å²) in [6.07, 6.45) is 0. The van der Waals surface area contributed by atoms with Crippen LogP contribution in [0.5, 0.6) is 0 Å². The predicted molar refractivity (Wildman–Crippen MR) is 60.0 cm³/mol. The lowest BCUT2D eigenvalue weighted by atomic mass is 10.1. The molecule has 0 aliphatic heterocycles. The first-order chi connectivity index (χ1) is 7.56. The molecule has 0 aliphatic carbocycles. The smallest absolute Gasteiger partial charge is 0.267 e. The number of nitrogens with zero attached hydrogens (tertiary/aromatic N) is 1. The highest BCUT2D eigenvalue weighted by Gasteiger charge is 2.07. The fourth-order valence-corrected chi connectivity index (χ4v) is 1.64. The van der Waals surface area contributed by atoms with Crippen molar-refractivity contribution in [1.82, 2.24) is 10.2 Å². The Labute approximate surface area is 95.9 Å². The van der Waals surface area contributed by atoms with Crippen molar-refractivity contribution < 1.29 is 4.39 Å². The fraction of sp³-hybridized carbons (Fsp3) is 0.0909. The van der Waals surface area contributed by atoms with Crippen molar-refractivity contribution in [2.45, 2.75) is 6.92 Å². The van der Waals surface area contributed by atoms with E-state index in [1.165, 1.54) is 18.2 Å². The molecule has 5 heteroatoms. The van der Waals surface area contributed by atoms with Crippen molar-refractivity contribution in [2.24, 2.45) is 0 Å². The second-order valence-corrected chi connectivity index (χ2v) is 3.84. The van der Waals surface area contributed by atoms with E-state index in [-0.39, 0.29) is 11.0 Å². The summed E-state index contributed by atoms with van der Waals surface area (Å²) in [5.74, 6) is -0.387. The number of benzene rings is 1. The van der Waals surface area contributed by atoms with Crippen molar-refractivity contribution in [3.05, 3.63) is 51.2 Å². The third-order valence-corrected chi connectivity index (χ3v) is 2.32. The molecule has 0 radical (unpaired) electrons. The van der Waals surface area contributed by atoms with Crippen LogP contribution in [0, 0.1) is 12.7 Å². The summed E-state index contributed by atoms with van der Waals surface area (Å²) in [6, 6.07) is 5.80. The Morgan fingerprint density at radius 3 is 2.75 bits per heavy atom. The summed E-state index contributed by atoms with van der Waals surface area (Å²) in [5, 5.41) is 5.95. The molecule has 0 saturated carbocycles. The quantitative estimate of drug-likeness (QED) is 0.830. The number of aromatic nitrogens is 2. The Morgan fingerprint density at radius 2 is 2.06 bits per heavy atom. The van der Waals surface area contributed by atoms with Crippen LogP contribution in [0.3, 0.4) is 0 Å². The molecule has 0 atom stereocenters. The third kappa shape index (κ3) is 2.12. The molecule has 0 spiro atoms. The van der Waals surface area contributed by atoms with Crippen molar-refractivity contribution in [3.63, 3.8) is 0 Å². The van der Waals surface area contributed by atoms with Gasteiger partial charge in [0.05, 0.1) is 5.56 Å². The molecule has 2 rings (SSSR count). The second kappa shape index (κ2) is 4.06. The number of nitrogens with one attached hydrogen (secondary N) is 1. The molecule has 82 valence electrons. The largest absolute Gasteiger partial charge is 0.272 e. The molecule has 0 saturated heterocycles. The van der Waals surface area contributed by atoms with E-state index in [0.29, 0.717) is 11.1 Å². The number of H-pyrrole nitrogens is 1. The highest BCUT2D eigenvalue weighted by Crippen LogP contribution is 2.19. The van der Waals surface area contributed by atoms with Gasteiger partial charge in [-0.15, -0.1) is 0 Å². The number of aryl methyl sites for hydroxylation is 1. The van der Waals surface area contributed by atoms with Gasteiger partial charge in [-0.05, 0) is 36.2 Å². The molecule has 1 N–H and O–H groups in total. The van der Waals surface area contributed by atoms with E-state index in [1.54, 1.807) is 13.0 Å². The Kier molecular flexibility index (Phi) is 2.75. The lowest BCUT2D eigenvalue weighted by molar-refractivity contribution is 0.627. The van der Waals surface area contributed by atoms with Gasteiger partial charge < -0.3 is 0 Å². The number of hydrogen-bond acceptors (Lipinski definition) is 2. The molecule has 0 fully saturated rings. The van der Waals surface area contributed by atoms with Gasteiger partial charge in [0, 0.05) is 0 Å². The number of rotatable bonds is 1. The van der Waals surface area contributed by atoms with Crippen LogP contribution in [0.25, 0.3) is 11.1 Å². The maximum absolute atomic E-state index is 13.2. The molecule has 3 nitrogen and oxygen atoms in total. The lowest BCUT2D eigenvalue weighted by Crippen LogP contribution is -2.10. The molecule has 1 aromatic carbocycles. The topological polar surface area (TPSA) is 45.8 Å². The summed E-state index contributed by atoms with van der Waals surface area (Å²) >= 11 is 5.67. The van der Waals surface area contributed by atoms with E-state index in [0.717, 1.165) is 5.56 Å². The average molecular weight is 239 g/mol. The number of halogens is 2. The Balaban J connectivity index is 2.67. The normalized spacial score (nSPS) is 10.4. The zero-order valence-corrected chi connectivity index (χ0v) is 9.18. The van der Waals surface area contributed by atoms with Crippen LogP contribution < -0.4 is 5.56 Å². The lowest BCUT2D eigenvalue weighted by Gasteiger charge is -2.02. The minimum Gasteiger partial charge on any atom is -0.267 e. The molecular formula is C11H8ClFN2O. The van der Waals surface area contributed by atoms with E-state index in [4.69, 9.17) is 11.6 Å². The fourth-order valence-electron chi connectivity index (χ4n) is 1.49. The monoisotopic (exact) mass is 238 g/mol. The highest BCUT2D eigenvalue weighted by atomic mass is 35.5. The van der Waals surface area contributed by atoms with Gasteiger partial charge in [-0.25, -0.2) is 9.49 Å². The molecule has 0 unspecified atom stereocenters. The van der Waals surface area contributed by atoms with E-state index in [1.807, 2.05) is 0 Å². The van der Waals surface area contributed by atoms with Gasteiger partial charge in [0.1, 0.15) is 11.0 Å². The van der Waals surface area contributed by atoms with Gasteiger partial charge in [0.25, 0.3) is 5.56 Å².